The Balaban J connectivity index is 0.00000169. The van der Waals surface area contributed by atoms with E-state index in [2.05, 4.69) is 16.3 Å². The molecule has 4 rings (SSSR count). The molecule has 1 amide bonds. The maximum Gasteiger partial charge on any atom is 0.231 e. The van der Waals surface area contributed by atoms with E-state index in [0.717, 1.165) is 50.4 Å². The number of fused-ring (bicyclic) bond motifs is 1. The Bertz CT molecular complexity index is 590. The lowest BCUT2D eigenvalue weighted by atomic mass is 10.0. The Labute approximate surface area is 149 Å². The molecule has 5 nitrogen and oxygen atoms in total. The van der Waals surface area contributed by atoms with Crippen molar-refractivity contribution in [2.24, 2.45) is 5.92 Å². The average Bonchev–Trinajstić information content (AvgIpc) is 3.32. The lowest BCUT2D eigenvalue weighted by Gasteiger charge is -2.26. The number of benzene rings is 1. The fourth-order valence-corrected chi connectivity index (χ4v) is 3.96. The fraction of sp³-hybridized carbons (Fsp3) is 0.611. The number of amides is 1. The van der Waals surface area contributed by atoms with Crippen LogP contribution in [-0.2, 0) is 4.79 Å². The van der Waals surface area contributed by atoms with Crippen molar-refractivity contribution in [1.82, 2.24) is 10.2 Å². The van der Waals surface area contributed by atoms with Crippen LogP contribution >= 0.6 is 12.4 Å². The van der Waals surface area contributed by atoms with Gasteiger partial charge in [0.05, 0.1) is 6.04 Å². The SMILES string of the molecule is Cl.O=C(CCC1CCNC1)N1CCCC1c1ccc2c(c1)OCO2. The van der Waals surface area contributed by atoms with E-state index in [1.54, 1.807) is 0 Å². The first-order valence-corrected chi connectivity index (χ1v) is 8.71. The Morgan fingerprint density at radius 3 is 2.96 bits per heavy atom. The first kappa shape index (κ1) is 17.4. The number of ether oxygens (including phenoxy) is 2. The molecule has 3 heterocycles. The van der Waals surface area contributed by atoms with E-state index in [-0.39, 0.29) is 18.4 Å². The maximum absolute atomic E-state index is 12.7. The summed E-state index contributed by atoms with van der Waals surface area (Å²) in [4.78, 5) is 14.7. The predicted octanol–water partition coefficient (Wildman–Crippen LogP) is 2.89. The van der Waals surface area contributed by atoms with Gasteiger partial charge in [-0.1, -0.05) is 6.07 Å². The second-order valence-corrected chi connectivity index (χ2v) is 6.76. The van der Waals surface area contributed by atoms with Gasteiger partial charge in [-0.2, -0.15) is 0 Å². The summed E-state index contributed by atoms with van der Waals surface area (Å²) in [7, 11) is 0. The van der Waals surface area contributed by atoms with Crippen molar-refractivity contribution in [2.75, 3.05) is 26.4 Å². The summed E-state index contributed by atoms with van der Waals surface area (Å²) < 4.78 is 10.9. The third kappa shape index (κ3) is 3.47. The predicted molar refractivity (Wildman–Crippen MR) is 93.7 cm³/mol. The molecule has 3 aliphatic heterocycles. The van der Waals surface area contributed by atoms with E-state index in [0.29, 0.717) is 25.0 Å². The Hall–Kier alpha value is -1.46. The molecule has 2 unspecified atom stereocenters. The van der Waals surface area contributed by atoms with Crippen molar-refractivity contribution in [3.8, 4) is 11.5 Å². The van der Waals surface area contributed by atoms with Crippen molar-refractivity contribution < 1.29 is 14.3 Å². The molecule has 0 aromatic heterocycles. The van der Waals surface area contributed by atoms with E-state index in [1.165, 1.54) is 12.0 Å². The minimum absolute atomic E-state index is 0. The first-order valence-electron chi connectivity index (χ1n) is 8.71. The summed E-state index contributed by atoms with van der Waals surface area (Å²) in [6.07, 6.45) is 5.01. The molecule has 24 heavy (non-hydrogen) atoms. The molecule has 0 aliphatic carbocycles. The van der Waals surface area contributed by atoms with Crippen LogP contribution in [0.25, 0.3) is 0 Å². The average molecular weight is 353 g/mol. The van der Waals surface area contributed by atoms with Gasteiger partial charge in [0.15, 0.2) is 11.5 Å². The van der Waals surface area contributed by atoms with Gasteiger partial charge < -0.3 is 19.7 Å². The Morgan fingerprint density at radius 2 is 2.12 bits per heavy atom. The topological polar surface area (TPSA) is 50.8 Å². The number of carbonyl (C=O) groups excluding carboxylic acids is 1. The first-order chi connectivity index (χ1) is 11.3. The molecule has 2 atom stereocenters. The molecule has 6 heteroatoms. The zero-order valence-electron chi connectivity index (χ0n) is 13.8. The van der Waals surface area contributed by atoms with Crippen LogP contribution in [0.15, 0.2) is 18.2 Å². The fourth-order valence-electron chi connectivity index (χ4n) is 3.96. The standard InChI is InChI=1S/C18H24N2O3.ClH/c21-18(6-3-13-7-8-19-11-13)20-9-1-2-15(20)14-4-5-16-17(10-14)23-12-22-16;/h4-5,10,13,15,19H,1-3,6-9,11-12H2;1H. The number of rotatable bonds is 4. The monoisotopic (exact) mass is 352 g/mol. The van der Waals surface area contributed by atoms with Crippen LogP contribution in [0.2, 0.25) is 0 Å². The number of carbonyl (C=O) groups is 1. The van der Waals surface area contributed by atoms with Crippen molar-refractivity contribution >= 4 is 18.3 Å². The third-order valence-corrected chi connectivity index (χ3v) is 5.28. The third-order valence-electron chi connectivity index (χ3n) is 5.28. The summed E-state index contributed by atoms with van der Waals surface area (Å²) in [5, 5.41) is 3.37. The number of nitrogens with one attached hydrogen (secondary N) is 1. The molecule has 0 spiro atoms. The minimum Gasteiger partial charge on any atom is -0.454 e. The molecule has 3 aliphatic rings. The van der Waals surface area contributed by atoms with Crippen molar-refractivity contribution in [2.45, 2.75) is 38.1 Å². The Morgan fingerprint density at radius 1 is 1.25 bits per heavy atom. The normalized spacial score (nSPS) is 24.9. The van der Waals surface area contributed by atoms with Crippen LogP contribution in [0.3, 0.4) is 0 Å². The van der Waals surface area contributed by atoms with Gasteiger partial charge in [-0.15, -0.1) is 12.4 Å². The van der Waals surface area contributed by atoms with Gasteiger partial charge in [0, 0.05) is 13.0 Å². The van der Waals surface area contributed by atoms with Gasteiger partial charge in [0.2, 0.25) is 12.7 Å². The van der Waals surface area contributed by atoms with Gasteiger partial charge in [-0.3, -0.25) is 4.79 Å². The number of likely N-dealkylation sites (tertiary alicyclic amines) is 1. The maximum atomic E-state index is 12.7. The van der Waals surface area contributed by atoms with Crippen LogP contribution in [-0.4, -0.2) is 37.2 Å². The van der Waals surface area contributed by atoms with Crippen molar-refractivity contribution in [1.29, 1.82) is 0 Å². The highest BCUT2D eigenvalue weighted by Gasteiger charge is 2.31. The molecule has 0 bridgehead atoms. The number of nitrogens with zero attached hydrogens (tertiary/aromatic N) is 1. The lowest BCUT2D eigenvalue weighted by Crippen LogP contribution is -2.30. The molecule has 132 valence electrons. The highest BCUT2D eigenvalue weighted by molar-refractivity contribution is 5.85. The lowest BCUT2D eigenvalue weighted by molar-refractivity contribution is -0.132. The van der Waals surface area contributed by atoms with Crippen LogP contribution in [0.4, 0.5) is 0 Å². The zero-order chi connectivity index (χ0) is 15.6. The summed E-state index contributed by atoms with van der Waals surface area (Å²) in [6.45, 7) is 3.34. The van der Waals surface area contributed by atoms with Gasteiger partial charge in [0.25, 0.3) is 0 Å². The molecule has 2 fully saturated rings. The molecule has 0 radical (unpaired) electrons. The van der Waals surface area contributed by atoms with E-state index in [9.17, 15) is 4.79 Å². The number of hydrogen-bond acceptors (Lipinski definition) is 4. The molecule has 0 saturated carbocycles. The van der Waals surface area contributed by atoms with Gasteiger partial charge in [0.1, 0.15) is 0 Å². The van der Waals surface area contributed by atoms with Crippen LogP contribution < -0.4 is 14.8 Å². The largest absolute Gasteiger partial charge is 0.454 e. The smallest absolute Gasteiger partial charge is 0.231 e. The van der Waals surface area contributed by atoms with Crippen LogP contribution in [0, 0.1) is 5.92 Å². The molecular weight excluding hydrogens is 328 g/mol. The van der Waals surface area contributed by atoms with Gasteiger partial charge >= 0.3 is 0 Å². The Kier molecular flexibility index (Phi) is 5.51. The van der Waals surface area contributed by atoms with E-state index < -0.39 is 0 Å². The highest BCUT2D eigenvalue weighted by atomic mass is 35.5. The number of halogens is 1. The van der Waals surface area contributed by atoms with Crippen LogP contribution in [0.5, 0.6) is 11.5 Å². The molecule has 1 aromatic carbocycles. The van der Waals surface area contributed by atoms with Gasteiger partial charge in [-0.05, 0) is 62.4 Å². The second-order valence-electron chi connectivity index (χ2n) is 6.76. The van der Waals surface area contributed by atoms with E-state index >= 15 is 0 Å². The van der Waals surface area contributed by atoms with Crippen molar-refractivity contribution in [3.63, 3.8) is 0 Å². The van der Waals surface area contributed by atoms with E-state index in [1.807, 2.05) is 12.1 Å². The summed E-state index contributed by atoms with van der Waals surface area (Å²) in [5.74, 6) is 2.58. The van der Waals surface area contributed by atoms with Gasteiger partial charge in [-0.25, -0.2) is 0 Å². The molecule has 1 aromatic rings. The molecule has 2 saturated heterocycles. The van der Waals surface area contributed by atoms with E-state index in [4.69, 9.17) is 9.47 Å². The summed E-state index contributed by atoms with van der Waals surface area (Å²) in [5.41, 5.74) is 1.17. The minimum atomic E-state index is 0. The quantitative estimate of drug-likeness (QED) is 0.905. The van der Waals surface area contributed by atoms with Crippen LogP contribution in [0.1, 0.15) is 43.7 Å². The zero-order valence-corrected chi connectivity index (χ0v) is 14.6. The summed E-state index contributed by atoms with van der Waals surface area (Å²) >= 11 is 0. The number of hydrogen-bond donors (Lipinski definition) is 1. The summed E-state index contributed by atoms with van der Waals surface area (Å²) in [6, 6.07) is 6.27. The molecule has 1 N–H and O–H groups in total. The second kappa shape index (κ2) is 7.62. The van der Waals surface area contributed by atoms with Crippen molar-refractivity contribution in [3.05, 3.63) is 23.8 Å². The highest BCUT2D eigenvalue weighted by Crippen LogP contribution is 2.39. The molecular formula is C18H25ClN2O3.